The Kier molecular flexibility index (Phi) is 13.2. The minimum atomic E-state index is 0. The smallest absolute Gasteiger partial charge is 0.0114 e. The van der Waals surface area contributed by atoms with Crippen LogP contribution in [0.5, 0.6) is 0 Å². The molecule has 0 atom stereocenters. The third kappa shape index (κ3) is 8.30. The Bertz CT molecular complexity index is 2290. The Morgan fingerprint density at radius 2 is 0.875 bits per heavy atom. The molecule has 4 heteroatoms. The van der Waals surface area contributed by atoms with Gasteiger partial charge in [0.15, 0.2) is 0 Å². The summed E-state index contributed by atoms with van der Waals surface area (Å²) in [5.74, 6) is 0.563. The van der Waals surface area contributed by atoms with Crippen LogP contribution in [0, 0.1) is 6.92 Å². The second-order valence-electron chi connectivity index (χ2n) is 12.6. The van der Waals surface area contributed by atoms with E-state index in [0.717, 1.165) is 0 Å². The molecule has 0 radical (unpaired) electrons. The Hall–Kier alpha value is -3.26. The van der Waals surface area contributed by atoms with Crippen LogP contribution in [0.25, 0.3) is 65.3 Å². The fourth-order valence-corrected chi connectivity index (χ4v) is 6.37. The first-order chi connectivity index (χ1) is 22.3. The molecule has 0 bridgehead atoms. The van der Waals surface area contributed by atoms with Gasteiger partial charge in [-0.2, -0.15) is 12.1 Å². The average molecular weight is 759 g/mol. The molecule has 240 valence electrons. The molecule has 0 nitrogen and oxygen atoms in total. The van der Waals surface area contributed by atoms with Crippen LogP contribution in [-0.4, -0.2) is 5.43 Å². The molecule has 0 amide bonds. The molecule has 8 aromatic carbocycles. The molecule has 0 aliphatic rings. The minimum absolute atomic E-state index is 0. The topological polar surface area (TPSA) is 0 Å². The summed E-state index contributed by atoms with van der Waals surface area (Å²) in [6, 6.07) is 52.8. The Morgan fingerprint density at radius 3 is 1.35 bits per heavy atom. The van der Waals surface area contributed by atoms with E-state index < -0.39 is 0 Å². The fraction of sp³-hybridized carbons (Fsp3) is 0.136. The van der Waals surface area contributed by atoms with Gasteiger partial charge in [-0.05, 0) is 38.6 Å². The van der Waals surface area contributed by atoms with Crippen molar-refractivity contribution in [2.75, 3.05) is 0 Å². The van der Waals surface area contributed by atoms with Crippen LogP contribution < -0.4 is 24.8 Å². The summed E-state index contributed by atoms with van der Waals surface area (Å²) in [7, 11) is 0. The zero-order chi connectivity index (χ0) is 32.2. The molecule has 0 saturated heterocycles. The van der Waals surface area contributed by atoms with Gasteiger partial charge in [0, 0.05) is 0 Å². The maximum absolute atomic E-state index is 2.36. The van der Waals surface area contributed by atoms with Crippen LogP contribution in [0.15, 0.2) is 146 Å². The molecule has 0 fully saturated rings. The molecule has 0 aromatic heterocycles. The zero-order valence-electron chi connectivity index (χ0n) is 28.2. The van der Waals surface area contributed by atoms with Crippen LogP contribution in [0.1, 0.15) is 30.9 Å². The zero-order valence-corrected chi connectivity index (χ0v) is 33.2. The van der Waals surface area contributed by atoms with Crippen molar-refractivity contribution in [3.8, 4) is 22.3 Å². The monoisotopic (exact) mass is 756 g/mol. The third-order valence-corrected chi connectivity index (χ3v) is 8.49. The van der Waals surface area contributed by atoms with E-state index >= 15 is 0 Å². The van der Waals surface area contributed by atoms with Crippen molar-refractivity contribution in [3.05, 3.63) is 157 Å². The van der Waals surface area contributed by atoms with E-state index in [-0.39, 0.29) is 30.2 Å². The Balaban J connectivity index is 0.000000189. The summed E-state index contributed by atoms with van der Waals surface area (Å²) in [5.41, 5.74) is 8.26. The van der Waals surface area contributed by atoms with Gasteiger partial charge in [-0.15, -0.1) is 69.1 Å². The van der Waals surface area contributed by atoms with Crippen molar-refractivity contribution in [2.24, 2.45) is 0 Å². The van der Waals surface area contributed by atoms with Crippen molar-refractivity contribution < 1.29 is 48.1 Å². The summed E-state index contributed by atoms with van der Waals surface area (Å²) in [6.45, 7) is 11.3. The van der Waals surface area contributed by atoms with Crippen LogP contribution in [-0.2, 0) is 23.3 Å². The van der Waals surface area contributed by atoms with Crippen molar-refractivity contribution >= 4 is 48.5 Å². The molecule has 8 aromatic rings. The van der Waals surface area contributed by atoms with E-state index in [1.54, 1.807) is 23.3 Å². The summed E-state index contributed by atoms with van der Waals surface area (Å²) in [4.78, 5) is 0. The summed E-state index contributed by atoms with van der Waals surface area (Å²) in [5, 5.41) is 10.6. The normalized spacial score (nSPS) is 10.6. The predicted octanol–water partition coefficient (Wildman–Crippen LogP) is 6.98. The number of hydrogen-bond donors (Lipinski definition) is 0. The van der Waals surface area contributed by atoms with E-state index in [0.29, 0.717) is 5.92 Å². The molecule has 0 spiro atoms. The molecule has 0 unspecified atom stereocenters. The Labute approximate surface area is 313 Å². The van der Waals surface area contributed by atoms with Gasteiger partial charge in [0.2, 0.25) is 0 Å². The van der Waals surface area contributed by atoms with Crippen LogP contribution in [0.4, 0.5) is 0 Å². The minimum Gasteiger partial charge on any atom is -1.00 e. The molecule has 0 heterocycles. The second-order valence-corrected chi connectivity index (χ2v) is 22.0. The first-order valence-electron chi connectivity index (χ1n) is 16.1. The SMILES string of the molecule is CC(C)c1cc2c(-c3cccc4ccccc34)cccc2[cH-]1.C[Si](C)=[Zr+2].Cc1cc2c(-c3cccc4ccccc34)cccc2[cH-]1.[Cl-].[Cl-]. The van der Waals surface area contributed by atoms with Crippen molar-refractivity contribution in [1.82, 2.24) is 0 Å². The first-order valence-corrected chi connectivity index (χ1v) is 22.3. The van der Waals surface area contributed by atoms with Crippen LogP contribution in [0.2, 0.25) is 13.1 Å². The standard InChI is InChI=1S/C22H19.C20H15.C2H6Si.2ClH.Zr/c1-15(2)18-13-17-9-6-12-21(22(17)14-18)20-11-5-8-16-7-3-4-10-19(16)20;1-14-12-16-8-5-11-19(20(16)13-14)18-10-4-7-15-6-2-3-9-17(15)18;1-3-2;;;/h3-15H,1-2H3;2-13H,1H3;1-2H3;2*1H;/q2*-1;;;;+2/p-2. The summed E-state index contributed by atoms with van der Waals surface area (Å²) < 4.78 is 0. The van der Waals surface area contributed by atoms with Gasteiger partial charge in [0.25, 0.3) is 0 Å². The van der Waals surface area contributed by atoms with Gasteiger partial charge in [-0.25, -0.2) is 0 Å². The number of benzene rings is 6. The predicted molar refractivity (Wildman–Crippen MR) is 201 cm³/mol. The van der Waals surface area contributed by atoms with Gasteiger partial charge in [-0.1, -0.05) is 129 Å². The largest absolute Gasteiger partial charge is 1.00 e. The molecule has 0 aliphatic heterocycles. The number of halogens is 2. The van der Waals surface area contributed by atoms with E-state index in [1.807, 2.05) is 0 Å². The molecular weight excluding hydrogens is 719 g/mol. The molecule has 8 rings (SSSR count). The maximum Gasteiger partial charge on any atom is -0.0114 e. The van der Waals surface area contributed by atoms with E-state index in [4.69, 9.17) is 0 Å². The van der Waals surface area contributed by atoms with Gasteiger partial charge in [0.05, 0.1) is 0 Å². The second kappa shape index (κ2) is 16.9. The molecule has 0 aliphatic carbocycles. The Morgan fingerprint density at radius 1 is 0.500 bits per heavy atom. The van der Waals surface area contributed by atoms with Gasteiger partial charge < -0.3 is 24.8 Å². The molecular formula is C44H40Cl2SiZr-2. The third-order valence-electron chi connectivity index (χ3n) is 8.49. The van der Waals surface area contributed by atoms with Crippen LogP contribution in [0.3, 0.4) is 0 Å². The number of rotatable bonds is 3. The van der Waals surface area contributed by atoms with Crippen molar-refractivity contribution in [1.29, 1.82) is 0 Å². The summed E-state index contributed by atoms with van der Waals surface area (Å²) in [6.07, 6.45) is 0. The number of fused-ring (bicyclic) bond motifs is 4. The molecule has 0 N–H and O–H groups in total. The quantitative estimate of drug-likeness (QED) is 0.135. The average Bonchev–Trinajstić information content (AvgIpc) is 3.68. The first kappa shape index (κ1) is 37.6. The van der Waals surface area contributed by atoms with E-state index in [9.17, 15) is 0 Å². The van der Waals surface area contributed by atoms with Gasteiger partial charge >= 0.3 is 41.9 Å². The van der Waals surface area contributed by atoms with Crippen molar-refractivity contribution in [3.63, 3.8) is 0 Å². The van der Waals surface area contributed by atoms with E-state index in [2.05, 4.69) is 179 Å². The molecule has 48 heavy (non-hydrogen) atoms. The molecule has 0 saturated carbocycles. The van der Waals surface area contributed by atoms with Gasteiger partial charge in [-0.3, -0.25) is 0 Å². The fourth-order valence-electron chi connectivity index (χ4n) is 6.37. The van der Waals surface area contributed by atoms with Crippen LogP contribution >= 0.6 is 0 Å². The number of aryl methyl sites for hydroxylation is 1. The summed E-state index contributed by atoms with van der Waals surface area (Å²) >= 11 is 1.74. The van der Waals surface area contributed by atoms with Crippen molar-refractivity contribution in [2.45, 2.75) is 39.8 Å². The van der Waals surface area contributed by atoms with Gasteiger partial charge in [0.1, 0.15) is 0 Å². The maximum atomic E-state index is 2.36. The number of hydrogen-bond acceptors (Lipinski definition) is 0. The van der Waals surface area contributed by atoms with E-state index in [1.165, 1.54) is 76.5 Å².